The maximum atomic E-state index is 12.6. The molecule has 5 nitrogen and oxygen atoms in total. The second-order valence-electron chi connectivity index (χ2n) is 7.55. The van der Waals surface area contributed by atoms with Gasteiger partial charge < -0.3 is 19.7 Å². The number of hydrogen-bond acceptors (Lipinski definition) is 4. The van der Waals surface area contributed by atoms with Crippen LogP contribution in [0, 0.1) is 5.92 Å². The molecule has 1 aliphatic rings. The topological polar surface area (TPSA) is 50.8 Å². The fourth-order valence-electron chi connectivity index (χ4n) is 3.74. The molecule has 1 heterocycles. The van der Waals surface area contributed by atoms with Gasteiger partial charge in [-0.1, -0.05) is 19.1 Å². The maximum absolute atomic E-state index is 12.6. The van der Waals surface area contributed by atoms with E-state index in [0.717, 1.165) is 24.6 Å². The molecule has 1 N–H and O–H groups in total. The minimum atomic E-state index is -0.137. The third-order valence-electron chi connectivity index (χ3n) is 5.41. The normalized spacial score (nSPS) is 17.7. The largest absolute Gasteiger partial charge is 0.493 e. The van der Waals surface area contributed by atoms with Gasteiger partial charge in [-0.05, 0) is 61.6 Å². The molecule has 2 atom stereocenters. The second kappa shape index (κ2) is 9.00. The zero-order chi connectivity index (χ0) is 20.1. The number of carbonyl (C=O) groups excluding carboxylic acids is 1. The lowest BCUT2D eigenvalue weighted by Crippen LogP contribution is -2.34. The van der Waals surface area contributed by atoms with Gasteiger partial charge in [0.1, 0.15) is 0 Å². The molecule has 150 valence electrons. The van der Waals surface area contributed by atoms with Crippen LogP contribution >= 0.6 is 0 Å². The van der Waals surface area contributed by atoms with Gasteiger partial charge in [-0.2, -0.15) is 0 Å². The highest BCUT2D eigenvalue weighted by Gasteiger charge is 2.18. The van der Waals surface area contributed by atoms with Crippen molar-refractivity contribution in [3.63, 3.8) is 0 Å². The predicted molar refractivity (Wildman–Crippen MR) is 112 cm³/mol. The van der Waals surface area contributed by atoms with E-state index in [4.69, 9.17) is 9.47 Å². The number of nitrogens with zero attached hydrogens (tertiary/aromatic N) is 1. The number of anilines is 1. The van der Waals surface area contributed by atoms with Crippen molar-refractivity contribution < 1.29 is 14.3 Å². The van der Waals surface area contributed by atoms with Gasteiger partial charge >= 0.3 is 0 Å². The summed E-state index contributed by atoms with van der Waals surface area (Å²) in [5, 5.41) is 3.06. The van der Waals surface area contributed by atoms with Crippen molar-refractivity contribution in [1.82, 2.24) is 5.32 Å². The fraction of sp³-hybridized carbons (Fsp3) is 0.435. The van der Waals surface area contributed by atoms with Crippen molar-refractivity contribution in [2.75, 3.05) is 32.2 Å². The monoisotopic (exact) mass is 382 g/mol. The minimum Gasteiger partial charge on any atom is -0.493 e. The van der Waals surface area contributed by atoms with Crippen molar-refractivity contribution in [1.29, 1.82) is 0 Å². The Kier molecular flexibility index (Phi) is 6.45. The lowest BCUT2D eigenvalue weighted by molar-refractivity contribution is 0.0939. The summed E-state index contributed by atoms with van der Waals surface area (Å²) in [5.74, 6) is 1.76. The van der Waals surface area contributed by atoms with E-state index in [1.807, 2.05) is 6.92 Å². The summed E-state index contributed by atoms with van der Waals surface area (Å²) in [6.07, 6.45) is 2.56. The van der Waals surface area contributed by atoms with E-state index < -0.39 is 0 Å². The first-order valence-corrected chi connectivity index (χ1v) is 9.89. The average Bonchev–Trinajstić information content (AvgIpc) is 2.73. The molecule has 1 saturated heterocycles. The smallest absolute Gasteiger partial charge is 0.251 e. The van der Waals surface area contributed by atoms with E-state index >= 15 is 0 Å². The van der Waals surface area contributed by atoms with Crippen molar-refractivity contribution in [3.8, 4) is 11.5 Å². The molecule has 28 heavy (non-hydrogen) atoms. The van der Waals surface area contributed by atoms with Crippen molar-refractivity contribution in [3.05, 3.63) is 53.6 Å². The van der Waals surface area contributed by atoms with E-state index in [0.29, 0.717) is 17.1 Å². The molecule has 0 unspecified atom stereocenters. The Balaban J connectivity index is 1.65. The SMILES string of the molecule is COc1ccc(C(=O)N[C@H](C)c2ccc(N3CCC[C@@H](C)C3)cc2)cc1OC. The van der Waals surface area contributed by atoms with E-state index in [1.54, 1.807) is 32.4 Å². The lowest BCUT2D eigenvalue weighted by Gasteiger charge is -2.33. The van der Waals surface area contributed by atoms with Gasteiger partial charge in [0.05, 0.1) is 20.3 Å². The van der Waals surface area contributed by atoms with Gasteiger partial charge in [0.15, 0.2) is 11.5 Å². The second-order valence-corrected chi connectivity index (χ2v) is 7.55. The minimum absolute atomic E-state index is 0.0880. The molecule has 3 rings (SSSR count). The van der Waals surface area contributed by atoms with Crippen LogP contribution in [0.5, 0.6) is 11.5 Å². The Morgan fingerprint density at radius 1 is 1.11 bits per heavy atom. The van der Waals surface area contributed by atoms with E-state index in [9.17, 15) is 4.79 Å². The highest BCUT2D eigenvalue weighted by molar-refractivity contribution is 5.95. The van der Waals surface area contributed by atoms with Crippen LogP contribution in [0.25, 0.3) is 0 Å². The van der Waals surface area contributed by atoms with Crippen LogP contribution in [-0.4, -0.2) is 33.2 Å². The molecule has 0 aromatic heterocycles. The summed E-state index contributed by atoms with van der Waals surface area (Å²) < 4.78 is 10.5. The summed E-state index contributed by atoms with van der Waals surface area (Å²) in [6, 6.07) is 13.6. The average molecular weight is 383 g/mol. The molecule has 0 radical (unpaired) electrons. The maximum Gasteiger partial charge on any atom is 0.251 e. The number of hydrogen-bond donors (Lipinski definition) is 1. The number of rotatable bonds is 6. The predicted octanol–water partition coefficient (Wildman–Crippen LogP) is 4.43. The van der Waals surface area contributed by atoms with Gasteiger partial charge in [-0.3, -0.25) is 4.79 Å². The third-order valence-corrected chi connectivity index (χ3v) is 5.41. The Morgan fingerprint density at radius 2 is 1.82 bits per heavy atom. The Bertz CT molecular complexity index is 804. The first-order valence-electron chi connectivity index (χ1n) is 9.89. The van der Waals surface area contributed by atoms with Crippen molar-refractivity contribution in [2.24, 2.45) is 5.92 Å². The van der Waals surface area contributed by atoms with Gasteiger partial charge in [0.2, 0.25) is 0 Å². The molecule has 1 fully saturated rings. The summed E-state index contributed by atoms with van der Waals surface area (Å²) in [5.41, 5.74) is 2.89. The van der Waals surface area contributed by atoms with Crippen molar-refractivity contribution >= 4 is 11.6 Å². The van der Waals surface area contributed by atoms with Crippen LogP contribution in [0.3, 0.4) is 0 Å². The van der Waals surface area contributed by atoms with Gasteiger partial charge in [-0.25, -0.2) is 0 Å². The summed E-state index contributed by atoms with van der Waals surface area (Å²) >= 11 is 0. The summed E-state index contributed by atoms with van der Waals surface area (Å²) in [6.45, 7) is 6.54. The molecule has 5 heteroatoms. The molecule has 2 aromatic rings. The fourth-order valence-corrected chi connectivity index (χ4v) is 3.74. The molecular weight excluding hydrogens is 352 g/mol. The first kappa shape index (κ1) is 20.1. The standard InChI is InChI=1S/C23H30N2O3/c1-16-6-5-13-25(15-16)20-10-7-18(8-11-20)17(2)24-23(26)19-9-12-21(27-3)22(14-19)28-4/h7-12,14,16-17H,5-6,13,15H2,1-4H3,(H,24,26)/t16-,17-/m1/s1. The number of benzene rings is 2. The van der Waals surface area contributed by atoms with Gasteiger partial charge in [0, 0.05) is 24.3 Å². The number of amides is 1. The highest BCUT2D eigenvalue weighted by Crippen LogP contribution is 2.28. The zero-order valence-electron chi connectivity index (χ0n) is 17.2. The number of nitrogens with one attached hydrogen (secondary N) is 1. The van der Waals surface area contributed by atoms with E-state index in [2.05, 4.69) is 41.4 Å². The van der Waals surface area contributed by atoms with Crippen LogP contribution in [0.2, 0.25) is 0 Å². The van der Waals surface area contributed by atoms with Crippen LogP contribution < -0.4 is 19.7 Å². The molecule has 0 aliphatic carbocycles. The molecule has 0 spiro atoms. The number of ether oxygens (including phenoxy) is 2. The molecule has 0 bridgehead atoms. The van der Waals surface area contributed by atoms with E-state index in [-0.39, 0.29) is 11.9 Å². The highest BCUT2D eigenvalue weighted by atomic mass is 16.5. The van der Waals surface area contributed by atoms with Crippen molar-refractivity contribution in [2.45, 2.75) is 32.7 Å². The number of piperidine rings is 1. The summed E-state index contributed by atoms with van der Waals surface area (Å²) in [7, 11) is 3.14. The zero-order valence-corrected chi connectivity index (χ0v) is 17.2. The first-order chi connectivity index (χ1) is 13.5. The third kappa shape index (κ3) is 4.58. The molecule has 2 aromatic carbocycles. The van der Waals surface area contributed by atoms with Gasteiger partial charge in [0.25, 0.3) is 5.91 Å². The molecular formula is C23H30N2O3. The number of methoxy groups -OCH3 is 2. The number of carbonyl (C=O) groups is 1. The molecule has 1 aliphatic heterocycles. The Morgan fingerprint density at radius 3 is 2.46 bits per heavy atom. The van der Waals surface area contributed by atoms with Crippen LogP contribution in [0.15, 0.2) is 42.5 Å². The Hall–Kier alpha value is -2.69. The van der Waals surface area contributed by atoms with Crippen LogP contribution in [0.1, 0.15) is 48.7 Å². The van der Waals surface area contributed by atoms with Crippen LogP contribution in [0.4, 0.5) is 5.69 Å². The van der Waals surface area contributed by atoms with E-state index in [1.165, 1.54) is 18.5 Å². The lowest BCUT2D eigenvalue weighted by atomic mass is 9.99. The molecule has 0 saturated carbocycles. The van der Waals surface area contributed by atoms with Gasteiger partial charge in [-0.15, -0.1) is 0 Å². The quantitative estimate of drug-likeness (QED) is 0.803. The Labute approximate surface area is 167 Å². The summed E-state index contributed by atoms with van der Waals surface area (Å²) in [4.78, 5) is 15.1. The van der Waals surface area contributed by atoms with Crippen LogP contribution in [-0.2, 0) is 0 Å². The molecule has 1 amide bonds.